The van der Waals surface area contributed by atoms with Gasteiger partial charge in [0.05, 0.1) is 0 Å². The van der Waals surface area contributed by atoms with Crippen LogP contribution in [-0.4, -0.2) is 51.1 Å². The van der Waals surface area contributed by atoms with Crippen molar-refractivity contribution in [3.8, 4) is 0 Å². The highest BCUT2D eigenvalue weighted by Crippen LogP contribution is 2.33. The lowest BCUT2D eigenvalue weighted by Gasteiger charge is -2.32. The molecule has 0 spiro atoms. The van der Waals surface area contributed by atoms with Gasteiger partial charge in [-0.15, -0.1) is 0 Å². The zero-order valence-electron chi connectivity index (χ0n) is 23.6. The molecule has 4 N–H and O–H groups in total. The molecule has 0 saturated heterocycles. The van der Waals surface area contributed by atoms with Crippen LogP contribution in [0.15, 0.2) is 0 Å². The van der Waals surface area contributed by atoms with Crippen molar-refractivity contribution in [1.82, 2.24) is 21.3 Å². The van der Waals surface area contributed by atoms with E-state index in [1.165, 1.54) is 0 Å². The van der Waals surface area contributed by atoms with E-state index in [0.717, 1.165) is 32.4 Å². The molecule has 0 unspecified atom stereocenters. The van der Waals surface area contributed by atoms with Gasteiger partial charge in [-0.1, -0.05) is 69.2 Å². The Kier molecular flexibility index (Phi) is 13.8. The molecule has 0 rings (SSSR count). The van der Waals surface area contributed by atoms with Crippen molar-refractivity contribution in [2.24, 2.45) is 21.7 Å². The standard InChI is InChI=1S/C27H56N4O2/c1-24(2,3)18-26(7,8)20-30-22(32)12-16-28-14-11-15-29-17-13-23(33)31-21-27(9,10)19-25(4,5)6/h28-29H,11-21H2,1-10H3,(H,30,32)(H,31,33). The number of hydrogen-bond donors (Lipinski definition) is 4. The van der Waals surface area contributed by atoms with Gasteiger partial charge in [0.25, 0.3) is 0 Å². The Morgan fingerprint density at radius 3 is 1.18 bits per heavy atom. The second-order valence-corrected chi connectivity index (χ2v) is 13.7. The first-order chi connectivity index (χ1) is 14.9. The van der Waals surface area contributed by atoms with Crippen LogP contribution in [0.25, 0.3) is 0 Å². The summed E-state index contributed by atoms with van der Waals surface area (Å²) in [6, 6.07) is 0. The van der Waals surface area contributed by atoms with Gasteiger partial charge in [0.15, 0.2) is 0 Å². The average Bonchev–Trinajstić information content (AvgIpc) is 2.59. The fourth-order valence-electron chi connectivity index (χ4n) is 4.84. The third kappa shape index (κ3) is 21.2. The van der Waals surface area contributed by atoms with Crippen LogP contribution in [0.4, 0.5) is 0 Å². The average molecular weight is 469 g/mol. The third-order valence-corrected chi connectivity index (χ3v) is 5.31. The Morgan fingerprint density at radius 2 is 0.879 bits per heavy atom. The van der Waals surface area contributed by atoms with Gasteiger partial charge < -0.3 is 21.3 Å². The molecule has 0 aliphatic rings. The molecule has 33 heavy (non-hydrogen) atoms. The molecule has 0 heterocycles. The van der Waals surface area contributed by atoms with Gasteiger partial charge in [-0.2, -0.15) is 0 Å². The van der Waals surface area contributed by atoms with Crippen LogP contribution >= 0.6 is 0 Å². The molecule has 0 saturated carbocycles. The van der Waals surface area contributed by atoms with Gasteiger partial charge >= 0.3 is 0 Å². The van der Waals surface area contributed by atoms with Crippen LogP contribution in [0.5, 0.6) is 0 Å². The van der Waals surface area contributed by atoms with Crippen LogP contribution in [-0.2, 0) is 9.59 Å². The van der Waals surface area contributed by atoms with E-state index < -0.39 is 0 Å². The maximum Gasteiger partial charge on any atom is 0.221 e. The van der Waals surface area contributed by atoms with E-state index in [9.17, 15) is 9.59 Å². The van der Waals surface area contributed by atoms with Crippen LogP contribution in [0.1, 0.15) is 101 Å². The highest BCUT2D eigenvalue weighted by atomic mass is 16.2. The second kappa shape index (κ2) is 14.3. The predicted molar refractivity (Wildman–Crippen MR) is 141 cm³/mol. The van der Waals surface area contributed by atoms with Crippen molar-refractivity contribution in [2.45, 2.75) is 101 Å². The first kappa shape index (κ1) is 31.9. The Balaban J connectivity index is 3.71. The summed E-state index contributed by atoms with van der Waals surface area (Å²) in [5.74, 6) is 0.221. The minimum Gasteiger partial charge on any atom is -0.356 e. The molecule has 6 nitrogen and oxygen atoms in total. The van der Waals surface area contributed by atoms with Crippen molar-refractivity contribution in [3.63, 3.8) is 0 Å². The third-order valence-electron chi connectivity index (χ3n) is 5.31. The topological polar surface area (TPSA) is 82.3 Å². The van der Waals surface area contributed by atoms with Gasteiger partial charge in [0, 0.05) is 39.0 Å². The smallest absolute Gasteiger partial charge is 0.221 e. The van der Waals surface area contributed by atoms with Crippen LogP contribution in [0.3, 0.4) is 0 Å². The predicted octanol–water partition coefficient (Wildman–Crippen LogP) is 4.49. The molecule has 0 aromatic carbocycles. The van der Waals surface area contributed by atoms with Crippen molar-refractivity contribution < 1.29 is 9.59 Å². The van der Waals surface area contributed by atoms with Crippen LogP contribution < -0.4 is 21.3 Å². The lowest BCUT2D eigenvalue weighted by atomic mass is 9.76. The summed E-state index contributed by atoms with van der Waals surface area (Å²) in [6.45, 7) is 26.8. The monoisotopic (exact) mass is 468 g/mol. The van der Waals surface area contributed by atoms with Gasteiger partial charge in [0.1, 0.15) is 0 Å². The van der Waals surface area contributed by atoms with Crippen molar-refractivity contribution in [1.29, 1.82) is 0 Å². The molecule has 0 aliphatic heterocycles. The Hall–Kier alpha value is -1.14. The summed E-state index contributed by atoms with van der Waals surface area (Å²) in [7, 11) is 0. The van der Waals surface area contributed by atoms with Gasteiger partial charge in [-0.25, -0.2) is 0 Å². The van der Waals surface area contributed by atoms with Crippen molar-refractivity contribution in [3.05, 3.63) is 0 Å². The summed E-state index contributed by atoms with van der Waals surface area (Å²) in [4.78, 5) is 24.2. The van der Waals surface area contributed by atoms with E-state index in [1.54, 1.807) is 0 Å². The lowest BCUT2D eigenvalue weighted by molar-refractivity contribution is -0.122. The number of nitrogens with one attached hydrogen (secondary N) is 4. The molecule has 2 amide bonds. The lowest BCUT2D eigenvalue weighted by Crippen LogP contribution is -2.37. The largest absolute Gasteiger partial charge is 0.356 e. The molecule has 0 radical (unpaired) electrons. The van der Waals surface area contributed by atoms with Gasteiger partial charge in [0.2, 0.25) is 11.8 Å². The second-order valence-electron chi connectivity index (χ2n) is 13.7. The van der Waals surface area contributed by atoms with E-state index >= 15 is 0 Å². The Labute approximate surface area is 205 Å². The number of hydrogen-bond acceptors (Lipinski definition) is 4. The molecule has 0 aromatic heterocycles. The number of amides is 2. The van der Waals surface area contributed by atoms with E-state index in [4.69, 9.17) is 0 Å². The van der Waals surface area contributed by atoms with Gasteiger partial charge in [-0.05, 0) is 54.0 Å². The number of carbonyl (C=O) groups excluding carboxylic acids is 2. The zero-order valence-corrected chi connectivity index (χ0v) is 23.6. The Morgan fingerprint density at radius 1 is 0.545 bits per heavy atom. The van der Waals surface area contributed by atoms with Crippen molar-refractivity contribution >= 4 is 11.8 Å². The van der Waals surface area contributed by atoms with E-state index in [-0.39, 0.29) is 33.5 Å². The molecule has 0 aliphatic carbocycles. The van der Waals surface area contributed by atoms with E-state index in [2.05, 4.69) is 90.5 Å². The summed E-state index contributed by atoms with van der Waals surface area (Å²) in [6.07, 6.45) is 4.13. The van der Waals surface area contributed by atoms with E-state index in [1.807, 2.05) is 0 Å². The number of rotatable bonds is 16. The molecule has 6 heteroatoms. The highest BCUT2D eigenvalue weighted by molar-refractivity contribution is 5.76. The molecule has 0 fully saturated rings. The highest BCUT2D eigenvalue weighted by Gasteiger charge is 2.26. The summed E-state index contributed by atoms with van der Waals surface area (Å²) >= 11 is 0. The summed E-state index contributed by atoms with van der Waals surface area (Å²) < 4.78 is 0. The molecule has 196 valence electrons. The SMILES string of the molecule is CC(C)(C)CC(C)(C)CNC(=O)CCNCCCNCCC(=O)NCC(C)(C)CC(C)(C)C. The minimum atomic E-state index is 0.104. The first-order valence-corrected chi connectivity index (χ1v) is 12.9. The molecule has 0 bridgehead atoms. The normalized spacial score (nSPS) is 13.2. The maximum absolute atomic E-state index is 12.1. The minimum absolute atomic E-state index is 0.104. The molecule has 0 aromatic rings. The Bertz CT molecular complexity index is 522. The number of carbonyl (C=O) groups is 2. The molecular formula is C27H56N4O2. The maximum atomic E-state index is 12.1. The van der Waals surface area contributed by atoms with Crippen molar-refractivity contribution in [2.75, 3.05) is 39.3 Å². The van der Waals surface area contributed by atoms with Crippen LogP contribution in [0.2, 0.25) is 0 Å². The zero-order chi connectivity index (χ0) is 25.8. The molecular weight excluding hydrogens is 412 g/mol. The van der Waals surface area contributed by atoms with Crippen LogP contribution in [0, 0.1) is 21.7 Å². The quantitative estimate of drug-likeness (QED) is 0.252. The first-order valence-electron chi connectivity index (χ1n) is 12.9. The molecule has 0 atom stereocenters. The fourth-order valence-corrected chi connectivity index (χ4v) is 4.84. The fraction of sp³-hybridized carbons (Fsp3) is 0.926. The summed E-state index contributed by atoms with van der Waals surface area (Å²) in [5, 5.41) is 12.8. The summed E-state index contributed by atoms with van der Waals surface area (Å²) in [5.41, 5.74) is 0.728. The van der Waals surface area contributed by atoms with Gasteiger partial charge in [-0.3, -0.25) is 9.59 Å². The van der Waals surface area contributed by atoms with E-state index in [0.29, 0.717) is 39.0 Å².